The number of rotatable bonds is 6. The fraction of sp³-hybridized carbons (Fsp3) is 0.387. The maximum Gasteiger partial charge on any atom is 0.338 e. The number of carbonyl (C=O) groups is 3. The number of piperazine rings is 1. The number of amides is 2. The minimum Gasteiger partial charge on any atom is -0.467 e. The molecular weight excluding hydrogens is 527 g/mol. The SMILES string of the molecule is COC(=O)C(C)NC(=O)N1CC[C@@H](N2CCN(c3ccc(F)cc3)CC2)[C@H](OC(=O)c2ccc3ccccc3c2)C1. The summed E-state index contributed by atoms with van der Waals surface area (Å²) in [5.74, 6) is -1.24. The Kier molecular flexibility index (Phi) is 8.68. The zero-order valence-corrected chi connectivity index (χ0v) is 23.3. The van der Waals surface area contributed by atoms with E-state index in [1.165, 1.54) is 19.2 Å². The molecule has 2 saturated heterocycles. The Hall–Kier alpha value is -4.18. The number of piperidine rings is 1. The van der Waals surface area contributed by atoms with Crippen molar-refractivity contribution in [3.8, 4) is 0 Å². The second-order valence-corrected chi connectivity index (χ2v) is 10.5. The van der Waals surface area contributed by atoms with Crippen molar-refractivity contribution in [1.82, 2.24) is 15.1 Å². The number of anilines is 1. The molecule has 2 aliphatic heterocycles. The number of carbonyl (C=O) groups excluding carboxylic acids is 3. The van der Waals surface area contributed by atoms with Crippen LogP contribution < -0.4 is 10.2 Å². The molecule has 2 heterocycles. The van der Waals surface area contributed by atoms with Gasteiger partial charge in [-0.15, -0.1) is 0 Å². The van der Waals surface area contributed by atoms with Crippen molar-refractivity contribution in [3.05, 3.63) is 78.1 Å². The lowest BCUT2D eigenvalue weighted by Gasteiger charge is -2.46. The van der Waals surface area contributed by atoms with Crippen LogP contribution in [-0.4, -0.2) is 92.3 Å². The molecular formula is C31H35FN4O5. The van der Waals surface area contributed by atoms with Gasteiger partial charge in [-0.2, -0.15) is 0 Å². The van der Waals surface area contributed by atoms with Crippen LogP contribution in [0.3, 0.4) is 0 Å². The average molecular weight is 563 g/mol. The first-order chi connectivity index (χ1) is 19.8. The number of likely N-dealkylation sites (tertiary alicyclic amines) is 1. The Morgan fingerprint density at radius 2 is 1.63 bits per heavy atom. The predicted molar refractivity (Wildman–Crippen MR) is 153 cm³/mol. The van der Waals surface area contributed by atoms with Crippen LogP contribution in [-0.2, 0) is 14.3 Å². The highest BCUT2D eigenvalue weighted by molar-refractivity contribution is 5.95. The highest BCUT2D eigenvalue weighted by Gasteiger charge is 2.39. The first kappa shape index (κ1) is 28.4. The molecule has 9 nitrogen and oxygen atoms in total. The van der Waals surface area contributed by atoms with Crippen LogP contribution >= 0.6 is 0 Å². The molecule has 0 bridgehead atoms. The third kappa shape index (κ3) is 6.59. The van der Waals surface area contributed by atoms with E-state index in [4.69, 9.17) is 9.47 Å². The molecule has 2 amide bonds. The van der Waals surface area contributed by atoms with Crippen LogP contribution in [0.5, 0.6) is 0 Å². The van der Waals surface area contributed by atoms with Gasteiger partial charge in [0.25, 0.3) is 0 Å². The summed E-state index contributed by atoms with van der Waals surface area (Å²) in [6.45, 7) is 5.17. The topological polar surface area (TPSA) is 91.4 Å². The number of nitrogens with zero attached hydrogens (tertiary/aromatic N) is 3. The second kappa shape index (κ2) is 12.6. The van der Waals surface area contributed by atoms with Crippen LogP contribution in [0.1, 0.15) is 23.7 Å². The molecule has 1 N–H and O–H groups in total. The molecule has 5 rings (SSSR count). The number of benzene rings is 3. The molecule has 2 aliphatic rings. The number of ether oxygens (including phenoxy) is 2. The molecule has 41 heavy (non-hydrogen) atoms. The molecule has 3 aromatic rings. The van der Waals surface area contributed by atoms with Gasteiger partial charge in [-0.25, -0.2) is 18.8 Å². The zero-order valence-electron chi connectivity index (χ0n) is 23.3. The smallest absolute Gasteiger partial charge is 0.338 e. The van der Waals surface area contributed by atoms with E-state index in [0.29, 0.717) is 18.5 Å². The third-order valence-electron chi connectivity index (χ3n) is 7.92. The lowest BCUT2D eigenvalue weighted by molar-refractivity contribution is -0.142. The fourth-order valence-electron chi connectivity index (χ4n) is 5.62. The largest absolute Gasteiger partial charge is 0.467 e. The van der Waals surface area contributed by atoms with Crippen LogP contribution in [0.4, 0.5) is 14.9 Å². The number of fused-ring (bicyclic) bond motifs is 1. The molecule has 0 radical (unpaired) electrons. The molecule has 3 aromatic carbocycles. The molecule has 0 spiro atoms. The Balaban J connectivity index is 1.30. The van der Waals surface area contributed by atoms with E-state index >= 15 is 0 Å². The summed E-state index contributed by atoms with van der Waals surface area (Å²) in [5, 5.41) is 4.64. The van der Waals surface area contributed by atoms with Gasteiger partial charge in [0.15, 0.2) is 0 Å². The predicted octanol–water partition coefficient (Wildman–Crippen LogP) is 3.67. The van der Waals surface area contributed by atoms with E-state index < -0.39 is 30.1 Å². The van der Waals surface area contributed by atoms with Gasteiger partial charge >= 0.3 is 18.0 Å². The second-order valence-electron chi connectivity index (χ2n) is 10.5. The lowest BCUT2D eigenvalue weighted by atomic mass is 9.98. The lowest BCUT2D eigenvalue weighted by Crippen LogP contribution is -2.62. The van der Waals surface area contributed by atoms with Crippen molar-refractivity contribution >= 4 is 34.4 Å². The summed E-state index contributed by atoms with van der Waals surface area (Å²) < 4.78 is 24.2. The molecule has 216 valence electrons. The fourth-order valence-corrected chi connectivity index (χ4v) is 5.62. The number of urea groups is 1. The highest BCUT2D eigenvalue weighted by atomic mass is 19.1. The minimum atomic E-state index is -0.802. The Labute approximate surface area is 238 Å². The van der Waals surface area contributed by atoms with Crippen molar-refractivity contribution in [2.45, 2.75) is 31.5 Å². The summed E-state index contributed by atoms with van der Waals surface area (Å²) in [6, 6.07) is 18.5. The quantitative estimate of drug-likeness (QED) is 0.459. The maximum absolute atomic E-state index is 13.4. The van der Waals surface area contributed by atoms with E-state index in [1.54, 1.807) is 30.0 Å². The Bertz CT molecular complexity index is 1390. The van der Waals surface area contributed by atoms with Crippen molar-refractivity contribution in [3.63, 3.8) is 0 Å². The summed E-state index contributed by atoms with van der Waals surface area (Å²) in [7, 11) is 1.27. The van der Waals surface area contributed by atoms with Crippen molar-refractivity contribution in [2.24, 2.45) is 0 Å². The summed E-state index contributed by atoms with van der Waals surface area (Å²) in [5.41, 5.74) is 1.42. The van der Waals surface area contributed by atoms with Gasteiger partial charge in [0.2, 0.25) is 0 Å². The van der Waals surface area contributed by atoms with Gasteiger partial charge in [0.1, 0.15) is 18.0 Å². The summed E-state index contributed by atoms with van der Waals surface area (Å²) >= 11 is 0. The van der Waals surface area contributed by atoms with E-state index in [9.17, 15) is 18.8 Å². The van der Waals surface area contributed by atoms with Gasteiger partial charge in [-0.05, 0) is 60.5 Å². The highest BCUT2D eigenvalue weighted by Crippen LogP contribution is 2.25. The first-order valence-electron chi connectivity index (χ1n) is 13.9. The van der Waals surface area contributed by atoms with Crippen molar-refractivity contribution in [1.29, 1.82) is 0 Å². The molecule has 0 aromatic heterocycles. The number of methoxy groups -OCH3 is 1. The van der Waals surface area contributed by atoms with E-state index in [1.807, 2.05) is 36.4 Å². The summed E-state index contributed by atoms with van der Waals surface area (Å²) in [4.78, 5) is 44.3. The number of esters is 2. The van der Waals surface area contributed by atoms with Gasteiger partial charge in [0.05, 0.1) is 25.3 Å². The zero-order chi connectivity index (χ0) is 28.9. The molecule has 3 atom stereocenters. The molecule has 2 fully saturated rings. The van der Waals surface area contributed by atoms with E-state index in [2.05, 4.69) is 15.1 Å². The van der Waals surface area contributed by atoms with Gasteiger partial charge in [-0.1, -0.05) is 30.3 Å². The normalized spacial score (nSPS) is 20.4. The average Bonchev–Trinajstić information content (AvgIpc) is 3.00. The number of nitrogens with one attached hydrogen (secondary N) is 1. The van der Waals surface area contributed by atoms with Gasteiger partial charge < -0.3 is 24.6 Å². The van der Waals surface area contributed by atoms with Gasteiger partial charge in [0, 0.05) is 38.4 Å². The maximum atomic E-state index is 13.4. The van der Waals surface area contributed by atoms with Gasteiger partial charge in [-0.3, -0.25) is 4.90 Å². The Morgan fingerprint density at radius 3 is 2.34 bits per heavy atom. The Morgan fingerprint density at radius 1 is 0.927 bits per heavy atom. The van der Waals surface area contributed by atoms with Crippen molar-refractivity contribution < 1.29 is 28.2 Å². The molecule has 0 aliphatic carbocycles. The number of hydrogen-bond donors (Lipinski definition) is 1. The number of hydrogen-bond acceptors (Lipinski definition) is 7. The molecule has 1 unspecified atom stereocenters. The minimum absolute atomic E-state index is 0.0862. The van der Waals surface area contributed by atoms with Crippen LogP contribution in [0.15, 0.2) is 66.7 Å². The molecule has 10 heteroatoms. The number of halogens is 1. The van der Waals surface area contributed by atoms with E-state index in [0.717, 1.165) is 42.6 Å². The first-order valence-corrected chi connectivity index (χ1v) is 13.9. The van der Waals surface area contributed by atoms with Crippen LogP contribution in [0.25, 0.3) is 10.8 Å². The van der Waals surface area contributed by atoms with Crippen LogP contribution in [0, 0.1) is 5.82 Å². The van der Waals surface area contributed by atoms with Crippen LogP contribution in [0.2, 0.25) is 0 Å². The summed E-state index contributed by atoms with van der Waals surface area (Å²) in [6.07, 6.45) is 0.0333. The van der Waals surface area contributed by atoms with E-state index in [-0.39, 0.29) is 18.4 Å². The molecule has 0 saturated carbocycles. The standard InChI is InChI=1S/C31H35FN4O5/c1-21(29(37)40-2)33-31(39)36-14-13-27(35-17-15-34(16-18-35)26-11-9-25(32)10-12-26)28(20-36)41-30(38)24-8-7-22-5-3-4-6-23(22)19-24/h3-12,19,21,27-28H,13-18,20H2,1-2H3,(H,33,39)/t21?,27-,28-/m1/s1. The monoisotopic (exact) mass is 562 g/mol. The van der Waals surface area contributed by atoms with Crippen molar-refractivity contribution in [2.75, 3.05) is 51.3 Å². The third-order valence-corrected chi connectivity index (χ3v) is 7.92.